The van der Waals surface area contributed by atoms with Crippen molar-refractivity contribution in [3.63, 3.8) is 0 Å². The largest absolute Gasteiger partial charge is 0.216 e. The van der Waals surface area contributed by atoms with Crippen molar-refractivity contribution in [3.05, 3.63) is 66.0 Å². The number of benzene rings is 2. The number of hydrogen-bond donors (Lipinski definition) is 0. The zero-order valence-corrected chi connectivity index (χ0v) is 12.0. The lowest BCUT2D eigenvalue weighted by Crippen LogP contribution is -1.86. The summed E-state index contributed by atoms with van der Waals surface area (Å²) in [5.41, 5.74) is 4.66. The Hall–Kier alpha value is -1.89. The fourth-order valence-electron chi connectivity index (χ4n) is 2.30. The summed E-state index contributed by atoms with van der Waals surface area (Å²) in [4.78, 5) is 0. The van der Waals surface area contributed by atoms with Crippen LogP contribution < -0.4 is 0 Å². The zero-order chi connectivity index (χ0) is 14.2. The number of hydrogen-bond acceptors (Lipinski definition) is 0. The molecule has 0 saturated heterocycles. The first kappa shape index (κ1) is 14.5. The normalized spacial score (nSPS) is 11.1. The lowest BCUT2D eigenvalue weighted by atomic mass is 10.0. The highest BCUT2D eigenvalue weighted by Gasteiger charge is 1.98. The van der Waals surface area contributed by atoms with Crippen molar-refractivity contribution in [1.82, 2.24) is 0 Å². The molecule has 0 nitrogen and oxygen atoms in total. The summed E-state index contributed by atoms with van der Waals surface area (Å²) in [6.07, 6.45) is 7.01. The first-order valence-electron chi connectivity index (χ1n) is 7.29. The third kappa shape index (κ3) is 4.06. The van der Waals surface area contributed by atoms with E-state index in [0.717, 1.165) is 12.0 Å². The Bertz CT molecular complexity index is 535. The summed E-state index contributed by atoms with van der Waals surface area (Å²) >= 11 is 0. The highest BCUT2D eigenvalue weighted by Crippen LogP contribution is 2.21. The maximum absolute atomic E-state index is 12.1. The van der Waals surface area contributed by atoms with Gasteiger partial charge in [-0.1, -0.05) is 68.3 Å². The molecule has 0 N–H and O–H groups in total. The molecular formula is C19H21F. The molecule has 0 aromatic heterocycles. The van der Waals surface area contributed by atoms with Crippen molar-refractivity contribution in [3.8, 4) is 11.1 Å². The predicted molar refractivity (Wildman–Crippen MR) is 85.2 cm³/mol. The van der Waals surface area contributed by atoms with Gasteiger partial charge in [0, 0.05) is 0 Å². The summed E-state index contributed by atoms with van der Waals surface area (Å²) in [7, 11) is 0. The first-order valence-corrected chi connectivity index (χ1v) is 7.29. The second-order valence-corrected chi connectivity index (χ2v) is 5.07. The van der Waals surface area contributed by atoms with Gasteiger partial charge in [-0.3, -0.25) is 0 Å². The van der Waals surface area contributed by atoms with Crippen LogP contribution in [-0.4, -0.2) is 0 Å². The van der Waals surface area contributed by atoms with Crippen LogP contribution in [0, 0.1) is 0 Å². The Labute approximate surface area is 121 Å². The molecule has 0 atom stereocenters. The molecule has 0 fully saturated rings. The molecule has 0 aliphatic heterocycles. The number of rotatable bonds is 6. The molecule has 0 aliphatic carbocycles. The molecule has 0 amide bonds. The smallest absolute Gasteiger partial charge is 0.0872 e. The zero-order valence-electron chi connectivity index (χ0n) is 12.0. The van der Waals surface area contributed by atoms with Crippen molar-refractivity contribution in [2.75, 3.05) is 0 Å². The van der Waals surface area contributed by atoms with Gasteiger partial charge in [-0.25, -0.2) is 4.39 Å². The molecular weight excluding hydrogens is 247 g/mol. The molecule has 0 bridgehead atoms. The minimum Gasteiger partial charge on any atom is -0.216 e. The van der Waals surface area contributed by atoms with Gasteiger partial charge < -0.3 is 0 Å². The SMILES string of the molecule is CCCCCc1ccc(-c2ccc(C=CF)cc2)cc1. The molecule has 0 unspecified atom stereocenters. The summed E-state index contributed by atoms with van der Waals surface area (Å²) in [6.45, 7) is 2.23. The van der Waals surface area contributed by atoms with Crippen molar-refractivity contribution >= 4 is 6.08 Å². The van der Waals surface area contributed by atoms with E-state index < -0.39 is 0 Å². The maximum atomic E-state index is 12.1. The molecule has 104 valence electrons. The van der Waals surface area contributed by atoms with E-state index in [1.807, 2.05) is 24.3 Å². The van der Waals surface area contributed by atoms with E-state index in [-0.39, 0.29) is 0 Å². The van der Waals surface area contributed by atoms with E-state index >= 15 is 0 Å². The average Bonchev–Trinajstić information content (AvgIpc) is 2.49. The van der Waals surface area contributed by atoms with Crippen LogP contribution in [0.15, 0.2) is 54.9 Å². The molecule has 0 spiro atoms. The highest BCUT2D eigenvalue weighted by molar-refractivity contribution is 5.65. The van der Waals surface area contributed by atoms with Crippen LogP contribution in [0.1, 0.15) is 37.3 Å². The molecule has 20 heavy (non-hydrogen) atoms. The van der Waals surface area contributed by atoms with Crippen molar-refractivity contribution in [1.29, 1.82) is 0 Å². The van der Waals surface area contributed by atoms with Crippen molar-refractivity contribution < 1.29 is 4.39 Å². The molecule has 0 heterocycles. The Morgan fingerprint density at radius 3 is 2.00 bits per heavy atom. The molecule has 0 aliphatic rings. The molecule has 2 rings (SSSR count). The minimum atomic E-state index is 0.570. The Morgan fingerprint density at radius 1 is 0.850 bits per heavy atom. The fraction of sp³-hybridized carbons (Fsp3) is 0.263. The second-order valence-electron chi connectivity index (χ2n) is 5.07. The molecule has 2 aromatic rings. The van der Waals surface area contributed by atoms with E-state index in [0.29, 0.717) is 6.33 Å². The monoisotopic (exact) mass is 268 g/mol. The maximum Gasteiger partial charge on any atom is 0.0872 e. The van der Waals surface area contributed by atoms with E-state index in [9.17, 15) is 4.39 Å². The number of aryl methyl sites for hydroxylation is 1. The first-order chi connectivity index (χ1) is 9.83. The molecule has 0 saturated carbocycles. The number of halogens is 1. The third-order valence-electron chi connectivity index (χ3n) is 3.52. The van der Waals surface area contributed by atoms with E-state index in [2.05, 4.69) is 31.2 Å². The number of unbranched alkanes of at least 4 members (excludes halogenated alkanes) is 2. The Kier molecular flexibility index (Phi) is 5.55. The standard InChI is InChI=1S/C19H21F/c1-2-3-4-5-16-6-10-18(11-7-16)19-12-8-17(9-13-19)14-15-20/h6-15H,2-5H2,1H3. The van der Waals surface area contributed by atoms with Gasteiger partial charge in [0.15, 0.2) is 0 Å². The summed E-state index contributed by atoms with van der Waals surface area (Å²) < 4.78 is 12.1. The highest BCUT2D eigenvalue weighted by atomic mass is 19.1. The van der Waals surface area contributed by atoms with Gasteiger partial charge >= 0.3 is 0 Å². The Balaban J connectivity index is 2.05. The van der Waals surface area contributed by atoms with Gasteiger partial charge in [-0.2, -0.15) is 0 Å². The molecule has 2 aromatic carbocycles. The predicted octanol–water partition coefficient (Wildman–Crippen LogP) is 6.03. The van der Waals surface area contributed by atoms with Crippen molar-refractivity contribution in [2.45, 2.75) is 32.6 Å². The van der Waals surface area contributed by atoms with Gasteiger partial charge in [0.1, 0.15) is 0 Å². The summed E-state index contributed by atoms with van der Waals surface area (Å²) in [5, 5.41) is 0. The topological polar surface area (TPSA) is 0 Å². The van der Waals surface area contributed by atoms with E-state index in [4.69, 9.17) is 0 Å². The van der Waals surface area contributed by atoms with Crippen LogP contribution in [0.4, 0.5) is 4.39 Å². The van der Waals surface area contributed by atoms with Crippen molar-refractivity contribution in [2.24, 2.45) is 0 Å². The Morgan fingerprint density at radius 2 is 1.45 bits per heavy atom. The van der Waals surface area contributed by atoms with Crippen LogP contribution in [0.2, 0.25) is 0 Å². The van der Waals surface area contributed by atoms with Gasteiger partial charge in [0.25, 0.3) is 0 Å². The average molecular weight is 268 g/mol. The minimum absolute atomic E-state index is 0.570. The lowest BCUT2D eigenvalue weighted by molar-refractivity contribution is 0.717. The van der Waals surface area contributed by atoms with Crippen LogP contribution >= 0.6 is 0 Å². The van der Waals surface area contributed by atoms with Crippen LogP contribution in [0.25, 0.3) is 17.2 Å². The van der Waals surface area contributed by atoms with E-state index in [1.165, 1.54) is 42.0 Å². The quantitative estimate of drug-likeness (QED) is 0.561. The third-order valence-corrected chi connectivity index (χ3v) is 3.52. The van der Waals surface area contributed by atoms with Gasteiger partial charge in [-0.15, -0.1) is 0 Å². The van der Waals surface area contributed by atoms with Crippen LogP contribution in [-0.2, 0) is 6.42 Å². The molecule has 1 heteroatoms. The van der Waals surface area contributed by atoms with Gasteiger partial charge in [0.05, 0.1) is 6.33 Å². The van der Waals surface area contributed by atoms with Gasteiger partial charge in [-0.05, 0) is 41.2 Å². The second kappa shape index (κ2) is 7.64. The van der Waals surface area contributed by atoms with Crippen LogP contribution in [0.5, 0.6) is 0 Å². The van der Waals surface area contributed by atoms with Gasteiger partial charge in [0.2, 0.25) is 0 Å². The van der Waals surface area contributed by atoms with E-state index in [1.54, 1.807) is 0 Å². The fourth-order valence-corrected chi connectivity index (χ4v) is 2.30. The summed E-state index contributed by atoms with van der Waals surface area (Å²) in [5.74, 6) is 0. The summed E-state index contributed by atoms with van der Waals surface area (Å²) in [6, 6.07) is 16.7. The molecule has 0 radical (unpaired) electrons. The van der Waals surface area contributed by atoms with Crippen LogP contribution in [0.3, 0.4) is 0 Å². The lowest BCUT2D eigenvalue weighted by Gasteiger charge is -2.05.